The van der Waals surface area contributed by atoms with Crippen molar-refractivity contribution in [3.05, 3.63) is 16.4 Å². The molecule has 5 heteroatoms. The van der Waals surface area contributed by atoms with Crippen molar-refractivity contribution in [1.29, 1.82) is 0 Å². The van der Waals surface area contributed by atoms with Gasteiger partial charge in [0, 0.05) is 18.5 Å². The van der Waals surface area contributed by atoms with Gasteiger partial charge < -0.3 is 5.73 Å². The van der Waals surface area contributed by atoms with Gasteiger partial charge in [-0.15, -0.1) is 0 Å². The van der Waals surface area contributed by atoms with Gasteiger partial charge in [-0.1, -0.05) is 25.4 Å². The van der Waals surface area contributed by atoms with Crippen LogP contribution in [0.5, 0.6) is 0 Å². The second-order valence-electron chi connectivity index (χ2n) is 4.67. The highest BCUT2D eigenvalue weighted by Crippen LogP contribution is 2.23. The Morgan fingerprint density at radius 1 is 1.44 bits per heavy atom. The molecule has 4 nitrogen and oxygen atoms in total. The summed E-state index contributed by atoms with van der Waals surface area (Å²) in [5.74, 6) is -0.0458. The quantitative estimate of drug-likeness (QED) is 0.863. The number of aryl methyl sites for hydroxylation is 2. The van der Waals surface area contributed by atoms with E-state index in [1.54, 1.807) is 0 Å². The number of carbonyl (C=O) groups is 1. The molecule has 102 valence electrons. The van der Waals surface area contributed by atoms with E-state index in [4.69, 9.17) is 17.3 Å². The Bertz CT molecular complexity index is 426. The first-order valence-electron chi connectivity index (χ1n) is 6.44. The first-order chi connectivity index (χ1) is 8.42. The van der Waals surface area contributed by atoms with E-state index in [2.05, 4.69) is 5.10 Å². The Morgan fingerprint density at radius 3 is 2.50 bits per heavy atom. The standard InChI is InChI=1S/C13H22ClN3O/c1-5-10-13(14)11(17(6-2)16-10)7-12(18)8(3)9(4)15/h8-9H,5-7,15H2,1-4H3. The van der Waals surface area contributed by atoms with E-state index in [0.29, 0.717) is 11.4 Å². The molecule has 0 saturated heterocycles. The molecule has 1 aromatic rings. The van der Waals surface area contributed by atoms with Crippen LogP contribution in [0.1, 0.15) is 39.1 Å². The van der Waals surface area contributed by atoms with Crippen molar-refractivity contribution in [2.24, 2.45) is 11.7 Å². The maximum absolute atomic E-state index is 12.1. The zero-order valence-corrected chi connectivity index (χ0v) is 12.3. The number of aromatic nitrogens is 2. The number of Topliss-reactive ketones (excluding diaryl/α,β-unsaturated/α-hetero) is 1. The molecule has 0 radical (unpaired) electrons. The fraction of sp³-hybridized carbons (Fsp3) is 0.692. The van der Waals surface area contributed by atoms with E-state index in [9.17, 15) is 4.79 Å². The third kappa shape index (κ3) is 3.12. The van der Waals surface area contributed by atoms with E-state index < -0.39 is 0 Å². The number of hydrogen-bond donors (Lipinski definition) is 1. The number of nitrogens with zero attached hydrogens (tertiary/aromatic N) is 2. The van der Waals surface area contributed by atoms with Crippen molar-refractivity contribution in [3.63, 3.8) is 0 Å². The van der Waals surface area contributed by atoms with Crippen molar-refractivity contribution in [2.45, 2.75) is 53.1 Å². The van der Waals surface area contributed by atoms with Crippen LogP contribution in [0.25, 0.3) is 0 Å². The molecule has 0 aromatic carbocycles. The highest BCUT2D eigenvalue weighted by atomic mass is 35.5. The highest BCUT2D eigenvalue weighted by Gasteiger charge is 2.22. The lowest BCUT2D eigenvalue weighted by Gasteiger charge is -2.14. The molecule has 0 spiro atoms. The maximum Gasteiger partial charge on any atom is 0.143 e. The Kier molecular flexibility index (Phi) is 5.35. The fourth-order valence-corrected chi connectivity index (χ4v) is 2.14. The minimum absolute atomic E-state index is 0.115. The van der Waals surface area contributed by atoms with Crippen molar-refractivity contribution < 1.29 is 4.79 Å². The van der Waals surface area contributed by atoms with Gasteiger partial charge in [0.05, 0.1) is 22.8 Å². The molecule has 0 aliphatic heterocycles. The summed E-state index contributed by atoms with van der Waals surface area (Å²) in [6, 6.07) is -0.139. The molecule has 1 rings (SSSR count). The maximum atomic E-state index is 12.1. The summed E-state index contributed by atoms with van der Waals surface area (Å²) >= 11 is 6.27. The lowest BCUT2D eigenvalue weighted by Crippen LogP contribution is -2.32. The van der Waals surface area contributed by atoms with E-state index in [0.717, 1.165) is 24.4 Å². The normalized spacial score (nSPS) is 14.6. The van der Waals surface area contributed by atoms with Gasteiger partial charge in [-0.25, -0.2) is 0 Å². The van der Waals surface area contributed by atoms with Crippen molar-refractivity contribution in [1.82, 2.24) is 9.78 Å². The number of rotatable bonds is 6. The van der Waals surface area contributed by atoms with Gasteiger partial charge in [-0.3, -0.25) is 9.48 Å². The van der Waals surface area contributed by atoms with Crippen LogP contribution in [0.2, 0.25) is 5.02 Å². The molecule has 2 atom stereocenters. The summed E-state index contributed by atoms with van der Waals surface area (Å²) in [6.07, 6.45) is 1.08. The SMILES string of the molecule is CCc1nn(CC)c(CC(=O)C(C)C(C)N)c1Cl. The lowest BCUT2D eigenvalue weighted by molar-refractivity contribution is -0.122. The topological polar surface area (TPSA) is 60.9 Å². The van der Waals surface area contributed by atoms with Gasteiger partial charge in [0.2, 0.25) is 0 Å². The molecular weight excluding hydrogens is 250 g/mol. The zero-order valence-electron chi connectivity index (χ0n) is 11.5. The molecule has 1 heterocycles. The molecular formula is C13H22ClN3O. The first-order valence-corrected chi connectivity index (χ1v) is 6.82. The Morgan fingerprint density at radius 2 is 2.06 bits per heavy atom. The summed E-state index contributed by atoms with van der Waals surface area (Å²) in [6.45, 7) is 8.41. The lowest BCUT2D eigenvalue weighted by atomic mass is 9.96. The van der Waals surface area contributed by atoms with Crippen LogP contribution < -0.4 is 5.73 Å². The summed E-state index contributed by atoms with van der Waals surface area (Å²) in [4.78, 5) is 12.1. The average molecular weight is 272 g/mol. The molecule has 1 aromatic heterocycles. The zero-order chi connectivity index (χ0) is 13.9. The molecule has 2 unspecified atom stereocenters. The third-order valence-electron chi connectivity index (χ3n) is 3.33. The van der Waals surface area contributed by atoms with Gasteiger partial charge in [0.25, 0.3) is 0 Å². The number of ketones is 1. The molecule has 0 amide bonds. The number of nitrogens with two attached hydrogens (primary N) is 1. The van der Waals surface area contributed by atoms with Crippen molar-refractivity contribution >= 4 is 17.4 Å². The van der Waals surface area contributed by atoms with Crippen LogP contribution in [0.15, 0.2) is 0 Å². The average Bonchev–Trinajstić information content (AvgIpc) is 2.65. The largest absolute Gasteiger partial charge is 0.327 e. The van der Waals surface area contributed by atoms with Crippen LogP contribution in [-0.4, -0.2) is 21.6 Å². The van der Waals surface area contributed by atoms with E-state index in [-0.39, 0.29) is 17.7 Å². The van der Waals surface area contributed by atoms with Crippen LogP contribution >= 0.6 is 11.6 Å². The summed E-state index contributed by atoms with van der Waals surface area (Å²) in [5.41, 5.74) is 7.42. The van der Waals surface area contributed by atoms with Crippen LogP contribution in [0.4, 0.5) is 0 Å². The van der Waals surface area contributed by atoms with E-state index in [1.165, 1.54) is 0 Å². The predicted octanol–water partition coefficient (Wildman–Crippen LogP) is 2.21. The molecule has 0 fully saturated rings. The monoisotopic (exact) mass is 271 g/mol. The molecule has 0 bridgehead atoms. The summed E-state index contributed by atoms with van der Waals surface area (Å²) < 4.78 is 1.81. The smallest absolute Gasteiger partial charge is 0.143 e. The first kappa shape index (κ1) is 15.2. The molecule has 18 heavy (non-hydrogen) atoms. The highest BCUT2D eigenvalue weighted by molar-refractivity contribution is 6.32. The Labute approximate surface area is 113 Å². The minimum atomic E-state index is -0.161. The second-order valence-corrected chi connectivity index (χ2v) is 5.05. The van der Waals surface area contributed by atoms with Gasteiger partial charge in [0.15, 0.2) is 0 Å². The predicted molar refractivity (Wildman–Crippen MR) is 73.8 cm³/mol. The van der Waals surface area contributed by atoms with Gasteiger partial charge in [-0.2, -0.15) is 5.10 Å². The van der Waals surface area contributed by atoms with Crippen LogP contribution in [0, 0.1) is 5.92 Å². The van der Waals surface area contributed by atoms with Gasteiger partial charge >= 0.3 is 0 Å². The minimum Gasteiger partial charge on any atom is -0.327 e. The van der Waals surface area contributed by atoms with Gasteiger partial charge in [-0.05, 0) is 20.3 Å². The van der Waals surface area contributed by atoms with E-state index in [1.807, 2.05) is 32.4 Å². The Hall–Kier alpha value is -0.870. The third-order valence-corrected chi connectivity index (χ3v) is 3.77. The van der Waals surface area contributed by atoms with Gasteiger partial charge in [0.1, 0.15) is 5.78 Å². The van der Waals surface area contributed by atoms with Crippen LogP contribution in [0.3, 0.4) is 0 Å². The Balaban J connectivity index is 2.96. The second kappa shape index (κ2) is 6.34. The molecule has 2 N–H and O–H groups in total. The number of halogens is 1. The fourth-order valence-electron chi connectivity index (χ4n) is 1.81. The molecule has 0 saturated carbocycles. The van der Waals surface area contributed by atoms with Crippen molar-refractivity contribution in [2.75, 3.05) is 0 Å². The number of hydrogen-bond acceptors (Lipinski definition) is 3. The number of carbonyl (C=O) groups excluding carboxylic acids is 1. The summed E-state index contributed by atoms with van der Waals surface area (Å²) in [7, 11) is 0. The van der Waals surface area contributed by atoms with E-state index >= 15 is 0 Å². The summed E-state index contributed by atoms with van der Waals surface area (Å²) in [5, 5.41) is 5.03. The molecule has 0 aliphatic rings. The van der Waals surface area contributed by atoms with Crippen molar-refractivity contribution in [3.8, 4) is 0 Å². The van der Waals surface area contributed by atoms with Crippen LogP contribution in [-0.2, 0) is 24.2 Å². The molecule has 0 aliphatic carbocycles.